The second-order valence-corrected chi connectivity index (χ2v) is 32.1. The van der Waals surface area contributed by atoms with Gasteiger partial charge in [0.1, 0.15) is 0 Å². The van der Waals surface area contributed by atoms with Gasteiger partial charge in [0, 0.05) is 65.2 Å². The van der Waals surface area contributed by atoms with E-state index >= 15 is 0 Å². The van der Waals surface area contributed by atoms with Crippen molar-refractivity contribution < 1.29 is 0 Å². The first-order valence-electron chi connectivity index (χ1n) is 41.5. The molecule has 4 aromatic heterocycles. The number of aromatic nitrogens is 4. The molecule has 0 spiro atoms. The van der Waals surface area contributed by atoms with Crippen LogP contribution < -0.4 is 0 Å². The number of rotatable bonds is 8. The average Bonchev–Trinajstić information content (AvgIpc) is 1.70. The lowest BCUT2D eigenvalue weighted by Crippen LogP contribution is -1.95. The van der Waals surface area contributed by atoms with E-state index in [9.17, 15) is 0 Å². The fourth-order valence-electron chi connectivity index (χ4n) is 20.3. The highest BCUT2D eigenvalue weighted by molar-refractivity contribution is 6.27. The fourth-order valence-corrected chi connectivity index (χ4v) is 20.3. The molecule has 0 aliphatic carbocycles. The molecule has 0 aliphatic rings. The second kappa shape index (κ2) is 26.9. The lowest BCUT2D eigenvalue weighted by Gasteiger charge is -2.14. The molecule has 556 valence electrons. The topological polar surface area (TPSA) is 19.7 Å². The van der Waals surface area contributed by atoms with Crippen molar-refractivity contribution in [2.45, 2.75) is 0 Å². The molecule has 0 saturated carbocycles. The van der Waals surface area contributed by atoms with Gasteiger partial charge in [-0.2, -0.15) is 0 Å². The molecule has 0 amide bonds. The molecule has 0 saturated heterocycles. The number of para-hydroxylation sites is 4. The zero-order valence-corrected chi connectivity index (χ0v) is 65.4. The van der Waals surface area contributed by atoms with E-state index < -0.39 is 0 Å². The van der Waals surface area contributed by atoms with Gasteiger partial charge in [0.15, 0.2) is 0 Å². The van der Waals surface area contributed by atoms with E-state index in [1.807, 2.05) is 0 Å². The first kappa shape index (κ1) is 67.5. The molecule has 4 nitrogen and oxygen atoms in total. The van der Waals surface area contributed by atoms with Gasteiger partial charge < -0.3 is 18.3 Å². The number of nitrogens with zero attached hydrogens (tertiary/aromatic N) is 4. The maximum absolute atomic E-state index is 2.43. The van der Waals surface area contributed by atoms with Gasteiger partial charge in [-0.25, -0.2) is 0 Å². The van der Waals surface area contributed by atoms with E-state index in [0.29, 0.717) is 0 Å². The van der Waals surface area contributed by atoms with Gasteiger partial charge in [0.25, 0.3) is 0 Å². The van der Waals surface area contributed by atoms with Crippen LogP contribution in [0.1, 0.15) is 0 Å². The van der Waals surface area contributed by atoms with E-state index in [1.165, 1.54) is 229 Å². The van der Waals surface area contributed by atoms with Gasteiger partial charge in [-0.3, -0.25) is 0 Å². The largest absolute Gasteiger partial charge is 0.309 e. The van der Waals surface area contributed by atoms with Gasteiger partial charge in [0.2, 0.25) is 0 Å². The molecule has 120 heavy (non-hydrogen) atoms. The molecule has 0 aliphatic heterocycles. The molecule has 0 radical (unpaired) electrons. The Labute approximate surface area is 691 Å². The molecule has 22 aromatic carbocycles. The molecule has 0 N–H and O–H groups in total. The number of benzene rings is 22. The first-order chi connectivity index (χ1) is 59.5. The van der Waals surface area contributed by atoms with Crippen LogP contribution in [0.25, 0.3) is 241 Å². The summed E-state index contributed by atoms with van der Waals surface area (Å²) in [4.78, 5) is 0. The lowest BCUT2D eigenvalue weighted by atomic mass is 9.91. The lowest BCUT2D eigenvalue weighted by molar-refractivity contribution is 1.18. The summed E-state index contributed by atoms with van der Waals surface area (Å²) in [5, 5.41) is 30.5. The Balaban J connectivity index is 0.000000133. The van der Waals surface area contributed by atoms with E-state index in [4.69, 9.17) is 0 Å². The Morgan fingerprint density at radius 1 is 0.125 bits per heavy atom. The summed E-state index contributed by atoms with van der Waals surface area (Å²) < 4.78 is 9.72. The molecule has 26 rings (SSSR count). The van der Waals surface area contributed by atoms with Gasteiger partial charge in [-0.05, 0) is 241 Å². The molecule has 4 heterocycles. The maximum atomic E-state index is 2.43. The normalized spacial score (nSPS) is 12.0. The number of fused-ring (bicyclic) bond motifs is 25. The monoisotopic (exact) mass is 1520 g/mol. The Morgan fingerprint density at radius 2 is 0.425 bits per heavy atom. The maximum Gasteiger partial charge on any atom is 0.0541 e. The van der Waals surface area contributed by atoms with Gasteiger partial charge in [-0.15, -0.1) is 0 Å². The summed E-state index contributed by atoms with van der Waals surface area (Å²) in [5.74, 6) is 0. The van der Waals surface area contributed by atoms with Crippen LogP contribution >= 0.6 is 0 Å². The Kier molecular flexibility index (Phi) is 15.1. The summed E-state index contributed by atoms with van der Waals surface area (Å²) in [6, 6.07) is 161. The fraction of sp³-hybridized carbons (Fsp3) is 0. The Hall–Kier alpha value is -15.9. The average molecular weight is 1520 g/mol. The van der Waals surface area contributed by atoms with Crippen LogP contribution in [-0.2, 0) is 0 Å². The molecule has 0 unspecified atom stereocenters. The second-order valence-electron chi connectivity index (χ2n) is 32.1. The molecule has 4 heteroatoms. The van der Waals surface area contributed by atoms with Crippen LogP contribution in [0.5, 0.6) is 0 Å². The van der Waals surface area contributed by atoms with Crippen molar-refractivity contribution in [1.82, 2.24) is 18.3 Å². The third-order valence-electron chi connectivity index (χ3n) is 25.7. The number of hydrogen-bond donors (Lipinski definition) is 0. The zero-order chi connectivity index (χ0) is 78.6. The van der Waals surface area contributed by atoms with Gasteiger partial charge >= 0.3 is 0 Å². The van der Waals surface area contributed by atoms with Crippen molar-refractivity contribution >= 4 is 173 Å². The minimum Gasteiger partial charge on any atom is -0.309 e. The minimum atomic E-state index is 1.15. The van der Waals surface area contributed by atoms with Crippen LogP contribution in [0, 0.1) is 0 Å². The van der Waals surface area contributed by atoms with E-state index in [0.717, 1.165) is 11.4 Å². The van der Waals surface area contributed by atoms with Crippen molar-refractivity contribution in [3.05, 3.63) is 437 Å². The van der Waals surface area contributed by atoms with Crippen LogP contribution in [0.15, 0.2) is 437 Å². The molecule has 26 aromatic rings. The quantitative estimate of drug-likeness (QED) is 0.135. The van der Waals surface area contributed by atoms with E-state index in [2.05, 4.69) is 455 Å². The smallest absolute Gasteiger partial charge is 0.0541 e. The highest BCUT2D eigenvalue weighted by Crippen LogP contribution is 2.46. The zero-order valence-electron chi connectivity index (χ0n) is 65.4. The molecule has 0 fully saturated rings. The summed E-state index contributed by atoms with van der Waals surface area (Å²) in [7, 11) is 0. The Bertz CT molecular complexity index is 8760. The highest BCUT2D eigenvalue weighted by Gasteiger charge is 2.23. The molecule has 0 bridgehead atoms. The molecular formula is C116H72N4. The summed E-state index contributed by atoms with van der Waals surface area (Å²) in [6.45, 7) is 0. The molecular weight excluding hydrogens is 1450 g/mol. The predicted octanol–water partition coefficient (Wildman–Crippen LogP) is 31.7. The van der Waals surface area contributed by atoms with Crippen molar-refractivity contribution in [3.63, 3.8) is 0 Å². The molecule has 0 atom stereocenters. The van der Waals surface area contributed by atoms with Crippen LogP contribution in [0.4, 0.5) is 0 Å². The van der Waals surface area contributed by atoms with Crippen molar-refractivity contribution in [2.24, 2.45) is 0 Å². The third kappa shape index (κ3) is 10.4. The van der Waals surface area contributed by atoms with Crippen LogP contribution in [0.2, 0.25) is 0 Å². The van der Waals surface area contributed by atoms with Gasteiger partial charge in [0.05, 0.1) is 55.5 Å². The van der Waals surface area contributed by atoms with Crippen molar-refractivity contribution in [1.29, 1.82) is 0 Å². The van der Waals surface area contributed by atoms with Crippen molar-refractivity contribution in [2.75, 3.05) is 0 Å². The van der Waals surface area contributed by atoms with Crippen LogP contribution in [0.3, 0.4) is 0 Å². The number of hydrogen-bond acceptors (Lipinski definition) is 0. The third-order valence-corrected chi connectivity index (χ3v) is 25.7. The van der Waals surface area contributed by atoms with E-state index in [-0.39, 0.29) is 0 Å². The summed E-state index contributed by atoms with van der Waals surface area (Å²) >= 11 is 0. The van der Waals surface area contributed by atoms with E-state index in [1.54, 1.807) is 0 Å². The summed E-state index contributed by atoms with van der Waals surface area (Å²) in [6.07, 6.45) is 0. The minimum absolute atomic E-state index is 1.15. The standard InChI is InChI=1S/2C58H36N2/c1-3-15-44-37(12-1)14-11-23-53(44)60-55-22-10-8-19-48(55)52-35-41(29-33-57(52)60)40-28-32-56-51(34-40)47-18-7-9-21-54(47)59(56)43-30-26-39(27-31-43)50-36-42-25-24-38-13-2-4-16-45(38)58(42)49-20-6-5-17-46(49)50;1-2-17-43-37(13-1)14-12-26-54(43)60-56-25-10-8-23-50(56)53-36-41(29-32-58(53)60)40-28-31-57-52(35-40)49-22-7-9-24-55(49)59(57)42-16-11-15-38(33-42)39-27-30-48-46-20-4-3-18-44(46)45-19-5-6-21-47(45)51(48)34-39/h2*1-36H. The summed E-state index contributed by atoms with van der Waals surface area (Å²) in [5.41, 5.74) is 24.1. The first-order valence-corrected chi connectivity index (χ1v) is 41.5. The predicted molar refractivity (Wildman–Crippen MR) is 512 cm³/mol. The van der Waals surface area contributed by atoms with Gasteiger partial charge in [-0.1, -0.05) is 315 Å². The van der Waals surface area contributed by atoms with Crippen molar-refractivity contribution in [3.8, 4) is 67.3 Å². The SMILES string of the molecule is c1cc(-c2ccc3c4ccccc4c4ccccc4c3c2)cc(-n2c3ccccc3c3cc(-c4ccc5c(c4)c4ccccc4n5-c4cccc5ccccc45)ccc32)c1.c1ccc2c(-n3c4ccccc4c4cc(-c5ccc6c(c5)c5ccccc5n6-c5ccc(-c6cc7ccc8ccccc8c7c7ccccc67)cc5)ccc43)cccc2c1. The van der Waals surface area contributed by atoms with Crippen LogP contribution in [-0.4, -0.2) is 18.3 Å². The highest BCUT2D eigenvalue weighted by atomic mass is 15.0. The Morgan fingerprint density at radius 3 is 0.900 bits per heavy atom.